The zero-order valence-corrected chi connectivity index (χ0v) is 18.7. The summed E-state index contributed by atoms with van der Waals surface area (Å²) < 4.78 is 36.4. The van der Waals surface area contributed by atoms with E-state index in [0.29, 0.717) is 22.4 Å². The van der Waals surface area contributed by atoms with Gasteiger partial charge < -0.3 is 14.5 Å². The molecular formula is C24H21N3O5S. The molecule has 0 aliphatic heterocycles. The minimum atomic E-state index is -3.97. The van der Waals surface area contributed by atoms with Gasteiger partial charge in [0.1, 0.15) is 5.56 Å². The fraction of sp³-hybridized carbons (Fsp3) is 0.0833. The summed E-state index contributed by atoms with van der Waals surface area (Å²) in [5, 5.41) is 7.32. The number of aryl methyl sites for hydroxylation is 1. The fourth-order valence-electron chi connectivity index (χ4n) is 3.21. The van der Waals surface area contributed by atoms with Crippen molar-refractivity contribution in [1.29, 1.82) is 0 Å². The van der Waals surface area contributed by atoms with Gasteiger partial charge in [0.2, 0.25) is 5.55 Å². The molecule has 0 saturated carbocycles. The maximum absolute atomic E-state index is 13.1. The predicted molar refractivity (Wildman–Crippen MR) is 124 cm³/mol. The number of carbonyl (C=O) groups excluding carboxylic acids is 1. The van der Waals surface area contributed by atoms with Gasteiger partial charge in [0.25, 0.3) is 15.9 Å². The Morgan fingerprint density at radius 1 is 0.970 bits per heavy atom. The molecule has 0 bridgehead atoms. The summed E-state index contributed by atoms with van der Waals surface area (Å²) >= 11 is 0. The number of anilines is 1. The van der Waals surface area contributed by atoms with Crippen molar-refractivity contribution < 1.29 is 22.4 Å². The second-order valence-electron chi connectivity index (χ2n) is 7.19. The topological polar surface area (TPSA) is 110 Å². The van der Waals surface area contributed by atoms with E-state index in [4.69, 9.17) is 9.15 Å². The van der Waals surface area contributed by atoms with E-state index in [1.54, 1.807) is 48.5 Å². The SMILES string of the molecule is COc1cccc2cc(C(=O)Nc3cccc(C)c3)c(=NNS(=O)(=O)c3ccccc3)oc12. The predicted octanol–water partition coefficient (Wildman–Crippen LogP) is 3.80. The number of benzene rings is 3. The van der Waals surface area contributed by atoms with Gasteiger partial charge in [-0.25, -0.2) is 0 Å². The van der Waals surface area contributed by atoms with Crippen LogP contribution in [0.25, 0.3) is 11.0 Å². The van der Waals surface area contributed by atoms with Gasteiger partial charge in [-0.05, 0) is 48.9 Å². The molecule has 4 aromatic rings. The van der Waals surface area contributed by atoms with Gasteiger partial charge >= 0.3 is 0 Å². The number of amides is 1. The molecule has 8 nitrogen and oxygen atoms in total. The Bertz CT molecular complexity index is 1500. The molecule has 0 unspecified atom stereocenters. The maximum Gasteiger partial charge on any atom is 0.276 e. The summed E-state index contributed by atoms with van der Waals surface area (Å²) in [4.78, 5) is 15.3. The second kappa shape index (κ2) is 9.17. The molecule has 33 heavy (non-hydrogen) atoms. The third-order valence-electron chi connectivity index (χ3n) is 4.80. The van der Waals surface area contributed by atoms with Crippen molar-refractivity contribution in [3.8, 4) is 5.75 Å². The summed E-state index contributed by atoms with van der Waals surface area (Å²) in [5.74, 6) is -0.0905. The van der Waals surface area contributed by atoms with Crippen LogP contribution in [0.4, 0.5) is 5.69 Å². The quantitative estimate of drug-likeness (QED) is 0.423. The number of hydrogen-bond acceptors (Lipinski definition) is 6. The smallest absolute Gasteiger partial charge is 0.276 e. The van der Waals surface area contributed by atoms with E-state index < -0.39 is 15.9 Å². The van der Waals surface area contributed by atoms with Crippen LogP contribution < -0.4 is 20.4 Å². The van der Waals surface area contributed by atoms with Crippen molar-refractivity contribution in [2.45, 2.75) is 11.8 Å². The Morgan fingerprint density at radius 3 is 2.45 bits per heavy atom. The molecule has 0 fully saturated rings. The number of nitrogens with one attached hydrogen (secondary N) is 2. The van der Waals surface area contributed by atoms with E-state index in [1.165, 1.54) is 19.2 Å². The molecule has 0 saturated heterocycles. The first-order chi connectivity index (χ1) is 15.9. The molecule has 3 aromatic carbocycles. The van der Waals surface area contributed by atoms with Gasteiger partial charge in [-0.3, -0.25) is 4.79 Å². The van der Waals surface area contributed by atoms with Gasteiger partial charge in [0.15, 0.2) is 11.3 Å². The molecule has 1 amide bonds. The minimum absolute atomic E-state index is 0.0258. The van der Waals surface area contributed by atoms with Crippen molar-refractivity contribution >= 4 is 32.6 Å². The van der Waals surface area contributed by atoms with Crippen molar-refractivity contribution in [3.05, 3.63) is 95.5 Å². The average molecular weight is 464 g/mol. The lowest BCUT2D eigenvalue weighted by Gasteiger charge is -2.09. The molecule has 2 N–H and O–H groups in total. The van der Waals surface area contributed by atoms with E-state index in [2.05, 4.69) is 15.2 Å². The lowest BCUT2D eigenvalue weighted by atomic mass is 10.1. The van der Waals surface area contributed by atoms with Crippen LogP contribution in [-0.2, 0) is 10.0 Å². The molecular weight excluding hydrogens is 442 g/mol. The lowest BCUT2D eigenvalue weighted by Crippen LogP contribution is -2.27. The molecule has 1 aromatic heterocycles. The highest BCUT2D eigenvalue weighted by molar-refractivity contribution is 7.89. The summed E-state index contributed by atoms with van der Waals surface area (Å²) in [7, 11) is -2.49. The Labute approximate surface area is 190 Å². The molecule has 0 aliphatic rings. The number of rotatable bonds is 6. The van der Waals surface area contributed by atoms with E-state index in [0.717, 1.165) is 5.56 Å². The molecule has 168 valence electrons. The lowest BCUT2D eigenvalue weighted by molar-refractivity contribution is 0.102. The van der Waals surface area contributed by atoms with Crippen LogP contribution in [0.2, 0.25) is 0 Å². The van der Waals surface area contributed by atoms with Crippen LogP contribution in [0.15, 0.2) is 93.3 Å². The van der Waals surface area contributed by atoms with Crippen molar-refractivity contribution in [2.24, 2.45) is 5.10 Å². The van der Waals surface area contributed by atoms with Crippen LogP contribution in [-0.4, -0.2) is 21.4 Å². The largest absolute Gasteiger partial charge is 0.493 e. The monoisotopic (exact) mass is 463 g/mol. The van der Waals surface area contributed by atoms with Crippen LogP contribution >= 0.6 is 0 Å². The van der Waals surface area contributed by atoms with Gasteiger partial charge in [-0.15, -0.1) is 5.10 Å². The third-order valence-corrected chi connectivity index (χ3v) is 6.02. The number of sulfonamides is 1. The zero-order chi connectivity index (χ0) is 23.4. The van der Waals surface area contributed by atoms with Gasteiger partial charge in [-0.1, -0.05) is 42.5 Å². The van der Waals surface area contributed by atoms with Gasteiger partial charge in [-0.2, -0.15) is 13.2 Å². The highest BCUT2D eigenvalue weighted by Crippen LogP contribution is 2.25. The number of carbonyl (C=O) groups is 1. The van der Waals surface area contributed by atoms with Gasteiger partial charge in [0, 0.05) is 11.1 Å². The Morgan fingerprint density at radius 2 is 1.73 bits per heavy atom. The second-order valence-corrected chi connectivity index (χ2v) is 8.85. The number of fused-ring (bicyclic) bond motifs is 1. The average Bonchev–Trinajstić information content (AvgIpc) is 2.82. The minimum Gasteiger partial charge on any atom is -0.493 e. The summed E-state index contributed by atoms with van der Waals surface area (Å²) in [6, 6.07) is 21.8. The molecule has 0 atom stereocenters. The van der Waals surface area contributed by atoms with E-state index in [1.807, 2.05) is 25.1 Å². The van der Waals surface area contributed by atoms with Crippen LogP contribution in [0, 0.1) is 6.92 Å². The normalized spacial score (nSPS) is 11.9. The van der Waals surface area contributed by atoms with Gasteiger partial charge in [0.05, 0.1) is 12.0 Å². The maximum atomic E-state index is 13.1. The number of para-hydroxylation sites is 1. The number of ether oxygens (including phenoxy) is 1. The summed E-state index contributed by atoms with van der Waals surface area (Å²) in [6.07, 6.45) is 0. The third kappa shape index (κ3) is 4.88. The van der Waals surface area contributed by atoms with Crippen molar-refractivity contribution in [1.82, 2.24) is 4.83 Å². The number of methoxy groups -OCH3 is 1. The first kappa shape index (κ1) is 22.1. The zero-order valence-electron chi connectivity index (χ0n) is 17.9. The highest BCUT2D eigenvalue weighted by atomic mass is 32.2. The van der Waals surface area contributed by atoms with Crippen LogP contribution in [0.3, 0.4) is 0 Å². The van der Waals surface area contributed by atoms with Crippen LogP contribution in [0.1, 0.15) is 15.9 Å². The Kier molecular flexibility index (Phi) is 6.14. The number of nitrogens with zero attached hydrogens (tertiary/aromatic N) is 1. The summed E-state index contributed by atoms with van der Waals surface area (Å²) in [6.45, 7) is 1.91. The molecule has 0 aliphatic carbocycles. The standard InChI is InChI=1S/C24H21N3O5S/c1-16-8-6-10-18(14-16)25-23(28)20-15-17-9-7-13-21(31-2)22(17)32-24(20)26-27-33(29,30)19-11-4-3-5-12-19/h3-15,27H,1-2H3,(H,25,28). The Hall–Kier alpha value is -4.11. The highest BCUT2D eigenvalue weighted by Gasteiger charge is 2.17. The van der Waals surface area contributed by atoms with E-state index in [9.17, 15) is 13.2 Å². The summed E-state index contributed by atoms with van der Waals surface area (Å²) in [5.41, 5.74) is 1.72. The fourth-order valence-corrected chi connectivity index (χ4v) is 4.03. The first-order valence-corrected chi connectivity index (χ1v) is 11.5. The van der Waals surface area contributed by atoms with Crippen molar-refractivity contribution in [3.63, 3.8) is 0 Å². The molecule has 9 heteroatoms. The van der Waals surface area contributed by atoms with E-state index >= 15 is 0 Å². The molecule has 0 spiro atoms. The molecule has 0 radical (unpaired) electrons. The van der Waals surface area contributed by atoms with Crippen LogP contribution in [0.5, 0.6) is 5.75 Å². The van der Waals surface area contributed by atoms with Crippen molar-refractivity contribution in [2.75, 3.05) is 12.4 Å². The Balaban J connectivity index is 1.82. The molecule has 1 heterocycles. The first-order valence-electron chi connectivity index (χ1n) is 9.97. The number of hydrogen-bond donors (Lipinski definition) is 2. The molecule has 4 rings (SSSR count). The van der Waals surface area contributed by atoms with E-state index in [-0.39, 0.29) is 16.0 Å².